The van der Waals surface area contributed by atoms with E-state index in [9.17, 15) is 5.11 Å². The second-order valence-corrected chi connectivity index (χ2v) is 4.04. The number of nitrogens with two attached hydrogens (primary N) is 1. The van der Waals surface area contributed by atoms with Gasteiger partial charge in [0.15, 0.2) is 5.82 Å². The fourth-order valence-electron chi connectivity index (χ4n) is 1.65. The summed E-state index contributed by atoms with van der Waals surface area (Å²) >= 11 is 0. The summed E-state index contributed by atoms with van der Waals surface area (Å²) in [5.74, 6) is 0.660. The van der Waals surface area contributed by atoms with Crippen LogP contribution in [-0.2, 0) is 7.05 Å². The van der Waals surface area contributed by atoms with Gasteiger partial charge in [0.25, 0.3) is 0 Å². The Labute approximate surface area is 82.9 Å². The third-order valence-electron chi connectivity index (χ3n) is 2.73. The molecule has 1 aromatic rings. The third kappa shape index (κ3) is 1.68. The molecule has 5 heteroatoms. The predicted octanol–water partition coefficient (Wildman–Crippen LogP) is 0.329. The van der Waals surface area contributed by atoms with Gasteiger partial charge in [-0.3, -0.25) is 4.68 Å². The number of aryl methyl sites for hydroxylation is 1. The zero-order valence-corrected chi connectivity index (χ0v) is 8.32. The molecule has 78 valence electrons. The van der Waals surface area contributed by atoms with E-state index in [4.69, 9.17) is 5.73 Å². The minimum absolute atomic E-state index is 0.536. The average molecular weight is 196 g/mol. The summed E-state index contributed by atoms with van der Waals surface area (Å²) in [5, 5.41) is 17.0. The summed E-state index contributed by atoms with van der Waals surface area (Å²) in [4.78, 5) is 0. The molecule has 2 rings (SSSR count). The van der Waals surface area contributed by atoms with Gasteiger partial charge in [0.2, 0.25) is 0 Å². The normalized spacial score (nSPS) is 19.0. The van der Waals surface area contributed by atoms with E-state index in [0.29, 0.717) is 18.1 Å². The Balaban J connectivity index is 1.94. The summed E-state index contributed by atoms with van der Waals surface area (Å²) in [6.07, 6.45) is 4.59. The van der Waals surface area contributed by atoms with Gasteiger partial charge in [0.1, 0.15) is 0 Å². The molecule has 0 spiro atoms. The van der Waals surface area contributed by atoms with Crippen LogP contribution in [0, 0.1) is 0 Å². The minimum Gasteiger partial charge on any atom is -0.394 e. The summed E-state index contributed by atoms with van der Waals surface area (Å²) in [6, 6.07) is 0. The Kier molecular flexibility index (Phi) is 2.11. The van der Waals surface area contributed by atoms with Gasteiger partial charge in [-0.2, -0.15) is 5.10 Å². The number of aliphatic hydroxyl groups is 1. The standard InChI is InChI=1S/C9H16N4O/c1-13-5-7(10)8(12-13)11-6-9(14)3-2-4-9/h5,14H,2-4,6,10H2,1H3,(H,11,12). The summed E-state index contributed by atoms with van der Waals surface area (Å²) in [5.41, 5.74) is 5.79. The number of rotatable bonds is 3. The first-order chi connectivity index (χ1) is 6.59. The van der Waals surface area contributed by atoms with Crippen molar-refractivity contribution in [2.75, 3.05) is 17.6 Å². The van der Waals surface area contributed by atoms with Gasteiger partial charge in [-0.15, -0.1) is 0 Å². The van der Waals surface area contributed by atoms with E-state index in [1.165, 1.54) is 0 Å². The molecule has 1 aliphatic rings. The van der Waals surface area contributed by atoms with Crippen LogP contribution >= 0.6 is 0 Å². The molecule has 0 atom stereocenters. The van der Waals surface area contributed by atoms with Gasteiger partial charge in [-0.1, -0.05) is 0 Å². The van der Waals surface area contributed by atoms with E-state index >= 15 is 0 Å². The second kappa shape index (κ2) is 3.16. The van der Waals surface area contributed by atoms with Crippen molar-refractivity contribution in [2.45, 2.75) is 24.9 Å². The Morgan fingerprint density at radius 2 is 2.43 bits per heavy atom. The van der Waals surface area contributed by atoms with Crippen LogP contribution in [0.1, 0.15) is 19.3 Å². The van der Waals surface area contributed by atoms with Crippen molar-refractivity contribution in [3.05, 3.63) is 6.20 Å². The molecule has 1 fully saturated rings. The third-order valence-corrected chi connectivity index (χ3v) is 2.73. The van der Waals surface area contributed by atoms with E-state index in [2.05, 4.69) is 10.4 Å². The van der Waals surface area contributed by atoms with E-state index in [0.717, 1.165) is 19.3 Å². The zero-order valence-electron chi connectivity index (χ0n) is 8.32. The smallest absolute Gasteiger partial charge is 0.171 e. The number of hydrogen-bond acceptors (Lipinski definition) is 4. The molecule has 5 nitrogen and oxygen atoms in total. The number of hydrogen-bond donors (Lipinski definition) is 3. The first-order valence-electron chi connectivity index (χ1n) is 4.84. The molecule has 0 aromatic carbocycles. The summed E-state index contributed by atoms with van der Waals surface area (Å²) in [7, 11) is 1.82. The van der Waals surface area contributed by atoms with Gasteiger partial charge < -0.3 is 16.2 Å². The molecule has 0 bridgehead atoms. The van der Waals surface area contributed by atoms with Gasteiger partial charge in [-0.05, 0) is 19.3 Å². The van der Waals surface area contributed by atoms with Crippen LogP contribution in [0.15, 0.2) is 6.20 Å². The van der Waals surface area contributed by atoms with Crippen LogP contribution in [0.25, 0.3) is 0 Å². The van der Waals surface area contributed by atoms with Crippen LogP contribution < -0.4 is 11.1 Å². The Morgan fingerprint density at radius 1 is 1.71 bits per heavy atom. The monoisotopic (exact) mass is 196 g/mol. The van der Waals surface area contributed by atoms with Crippen LogP contribution in [-0.4, -0.2) is 27.0 Å². The average Bonchev–Trinajstić information content (AvgIpc) is 2.38. The number of nitrogens with zero attached hydrogens (tertiary/aromatic N) is 2. The topological polar surface area (TPSA) is 76.1 Å². The quantitative estimate of drug-likeness (QED) is 0.651. The number of nitrogen functional groups attached to an aromatic ring is 1. The maximum absolute atomic E-state index is 9.83. The highest BCUT2D eigenvalue weighted by molar-refractivity contribution is 5.59. The first-order valence-corrected chi connectivity index (χ1v) is 4.84. The molecule has 1 saturated carbocycles. The van der Waals surface area contributed by atoms with E-state index < -0.39 is 5.60 Å². The van der Waals surface area contributed by atoms with Crippen molar-refractivity contribution in [3.8, 4) is 0 Å². The maximum Gasteiger partial charge on any atom is 0.171 e. The number of aromatic nitrogens is 2. The number of nitrogens with one attached hydrogen (secondary N) is 1. The molecular weight excluding hydrogens is 180 g/mol. The second-order valence-electron chi connectivity index (χ2n) is 4.04. The molecule has 0 amide bonds. The van der Waals surface area contributed by atoms with Gasteiger partial charge >= 0.3 is 0 Å². The molecule has 0 unspecified atom stereocenters. The van der Waals surface area contributed by atoms with Crippen LogP contribution in [0.4, 0.5) is 11.5 Å². The molecule has 0 radical (unpaired) electrons. The van der Waals surface area contributed by atoms with Crippen molar-refractivity contribution < 1.29 is 5.11 Å². The van der Waals surface area contributed by atoms with Gasteiger partial charge in [0, 0.05) is 19.8 Å². The molecule has 1 aliphatic carbocycles. The molecule has 1 aromatic heterocycles. The zero-order chi connectivity index (χ0) is 10.2. The van der Waals surface area contributed by atoms with Crippen molar-refractivity contribution in [1.29, 1.82) is 0 Å². The minimum atomic E-state index is -0.538. The molecular formula is C9H16N4O. The Morgan fingerprint density at radius 3 is 2.86 bits per heavy atom. The molecule has 0 saturated heterocycles. The first kappa shape index (κ1) is 9.33. The SMILES string of the molecule is Cn1cc(N)c(NCC2(O)CCC2)n1. The molecule has 0 aliphatic heterocycles. The van der Waals surface area contributed by atoms with E-state index in [-0.39, 0.29) is 0 Å². The highest BCUT2D eigenvalue weighted by atomic mass is 16.3. The predicted molar refractivity (Wildman–Crippen MR) is 54.9 cm³/mol. The maximum atomic E-state index is 9.83. The van der Waals surface area contributed by atoms with Crippen molar-refractivity contribution >= 4 is 11.5 Å². The molecule has 14 heavy (non-hydrogen) atoms. The lowest BCUT2D eigenvalue weighted by atomic mass is 9.80. The summed E-state index contributed by atoms with van der Waals surface area (Å²) in [6.45, 7) is 0.536. The van der Waals surface area contributed by atoms with Crippen LogP contribution in [0.5, 0.6) is 0 Å². The Hall–Kier alpha value is -1.23. The highest BCUT2D eigenvalue weighted by Crippen LogP contribution is 2.31. The Bertz CT molecular complexity index is 330. The van der Waals surface area contributed by atoms with Crippen molar-refractivity contribution in [2.24, 2.45) is 7.05 Å². The summed E-state index contributed by atoms with van der Waals surface area (Å²) < 4.78 is 1.66. The van der Waals surface area contributed by atoms with Crippen molar-refractivity contribution in [3.63, 3.8) is 0 Å². The number of anilines is 2. The van der Waals surface area contributed by atoms with Crippen LogP contribution in [0.2, 0.25) is 0 Å². The fourth-order valence-corrected chi connectivity index (χ4v) is 1.65. The lowest BCUT2D eigenvalue weighted by molar-refractivity contribution is -0.0202. The van der Waals surface area contributed by atoms with Crippen molar-refractivity contribution in [1.82, 2.24) is 9.78 Å². The lowest BCUT2D eigenvalue weighted by Crippen LogP contribution is -2.43. The largest absolute Gasteiger partial charge is 0.394 e. The van der Waals surface area contributed by atoms with Crippen LogP contribution in [0.3, 0.4) is 0 Å². The van der Waals surface area contributed by atoms with Gasteiger partial charge in [0.05, 0.1) is 11.3 Å². The molecule has 1 heterocycles. The van der Waals surface area contributed by atoms with E-state index in [1.54, 1.807) is 10.9 Å². The molecule has 4 N–H and O–H groups in total. The fraction of sp³-hybridized carbons (Fsp3) is 0.667. The highest BCUT2D eigenvalue weighted by Gasteiger charge is 2.34. The van der Waals surface area contributed by atoms with Gasteiger partial charge in [-0.25, -0.2) is 0 Å². The van der Waals surface area contributed by atoms with E-state index in [1.807, 2.05) is 7.05 Å². The lowest BCUT2D eigenvalue weighted by Gasteiger charge is -2.36.